The van der Waals surface area contributed by atoms with Crippen molar-refractivity contribution in [2.75, 3.05) is 6.54 Å². The van der Waals surface area contributed by atoms with Crippen molar-refractivity contribution < 1.29 is 19.4 Å². The molecule has 0 fully saturated rings. The fourth-order valence-electron chi connectivity index (χ4n) is 2.55. The predicted octanol–water partition coefficient (Wildman–Crippen LogP) is 3.04. The van der Waals surface area contributed by atoms with Gasteiger partial charge in [0.2, 0.25) is 0 Å². The molecule has 2 atom stereocenters. The van der Waals surface area contributed by atoms with E-state index in [9.17, 15) is 14.7 Å². The summed E-state index contributed by atoms with van der Waals surface area (Å²) in [6.45, 7) is 2.12. The summed E-state index contributed by atoms with van der Waals surface area (Å²) in [6, 6.07) is 18.7. The smallest absolute Gasteiger partial charge is 0.323 e. The molecule has 2 N–H and O–H groups in total. The fraction of sp³-hybridized carbons (Fsp3) is 0.333. The van der Waals surface area contributed by atoms with Crippen LogP contribution in [0.2, 0.25) is 0 Å². The Morgan fingerprint density at radius 1 is 1.00 bits per heavy atom. The van der Waals surface area contributed by atoms with Gasteiger partial charge in [-0.3, -0.25) is 9.59 Å². The van der Waals surface area contributed by atoms with Crippen molar-refractivity contribution >= 4 is 11.9 Å². The zero-order valence-corrected chi connectivity index (χ0v) is 14.9. The Hall–Kier alpha value is -2.66. The molecule has 0 spiro atoms. The Labute approximate surface area is 154 Å². The van der Waals surface area contributed by atoms with Gasteiger partial charge < -0.3 is 15.2 Å². The quantitative estimate of drug-likeness (QED) is 0.641. The Bertz CT molecular complexity index is 688. The third-order valence-electron chi connectivity index (χ3n) is 4.22. The van der Waals surface area contributed by atoms with E-state index in [1.54, 1.807) is 6.92 Å². The molecule has 0 aromatic heterocycles. The number of rotatable bonds is 10. The van der Waals surface area contributed by atoms with E-state index < -0.39 is 17.9 Å². The lowest BCUT2D eigenvalue weighted by atomic mass is 9.99. The number of aryl methyl sites for hydroxylation is 1. The molecule has 5 nitrogen and oxygen atoms in total. The third-order valence-corrected chi connectivity index (χ3v) is 4.22. The second-order valence-corrected chi connectivity index (χ2v) is 6.28. The molecule has 138 valence electrons. The molecule has 0 saturated heterocycles. The van der Waals surface area contributed by atoms with Gasteiger partial charge in [-0.05, 0) is 30.9 Å². The average molecular weight is 355 g/mol. The van der Waals surface area contributed by atoms with Crippen molar-refractivity contribution in [3.8, 4) is 0 Å². The zero-order chi connectivity index (χ0) is 18.8. The lowest BCUT2D eigenvalue weighted by Crippen LogP contribution is -2.40. The SMILES string of the molecule is CC(NC[C@@H](CCc1ccccc1)C(=O)O)C(=O)OCc1ccccc1. The van der Waals surface area contributed by atoms with Gasteiger partial charge in [0.25, 0.3) is 0 Å². The van der Waals surface area contributed by atoms with E-state index in [-0.39, 0.29) is 19.1 Å². The average Bonchev–Trinajstić information content (AvgIpc) is 2.67. The van der Waals surface area contributed by atoms with Crippen LogP contribution in [-0.2, 0) is 27.4 Å². The van der Waals surface area contributed by atoms with Gasteiger partial charge in [-0.2, -0.15) is 0 Å². The first-order valence-corrected chi connectivity index (χ1v) is 8.77. The molecule has 0 radical (unpaired) electrons. The first kappa shape index (κ1) is 19.7. The number of carbonyl (C=O) groups excluding carboxylic acids is 1. The van der Waals surface area contributed by atoms with E-state index in [0.717, 1.165) is 11.1 Å². The number of hydrogen-bond donors (Lipinski definition) is 2. The molecule has 0 saturated carbocycles. The molecule has 0 aliphatic carbocycles. The summed E-state index contributed by atoms with van der Waals surface area (Å²) in [5.74, 6) is -1.81. The minimum absolute atomic E-state index is 0.210. The molecule has 5 heteroatoms. The largest absolute Gasteiger partial charge is 0.481 e. The molecular formula is C21H25NO4. The molecule has 2 aromatic rings. The second kappa shape index (κ2) is 10.4. The molecule has 0 bridgehead atoms. The monoisotopic (exact) mass is 355 g/mol. The van der Waals surface area contributed by atoms with E-state index in [2.05, 4.69) is 5.32 Å². The first-order valence-electron chi connectivity index (χ1n) is 8.77. The Kier molecular flexibility index (Phi) is 7.83. The number of carbonyl (C=O) groups is 2. The highest BCUT2D eigenvalue weighted by atomic mass is 16.5. The summed E-state index contributed by atoms with van der Waals surface area (Å²) in [5, 5.41) is 12.4. The van der Waals surface area contributed by atoms with Crippen LogP contribution in [0.15, 0.2) is 60.7 Å². The number of aliphatic carboxylic acids is 1. The van der Waals surface area contributed by atoms with Crippen LogP contribution in [0.5, 0.6) is 0 Å². The third kappa shape index (κ3) is 6.69. The van der Waals surface area contributed by atoms with Crippen LogP contribution in [0.3, 0.4) is 0 Å². The predicted molar refractivity (Wildman–Crippen MR) is 99.6 cm³/mol. The minimum atomic E-state index is -0.863. The topological polar surface area (TPSA) is 75.6 Å². The van der Waals surface area contributed by atoms with Crippen molar-refractivity contribution in [1.82, 2.24) is 5.32 Å². The number of esters is 1. The van der Waals surface area contributed by atoms with E-state index in [4.69, 9.17) is 4.74 Å². The van der Waals surface area contributed by atoms with Crippen LogP contribution in [0, 0.1) is 5.92 Å². The lowest BCUT2D eigenvalue weighted by Gasteiger charge is -2.17. The Morgan fingerprint density at radius 3 is 2.15 bits per heavy atom. The van der Waals surface area contributed by atoms with Gasteiger partial charge >= 0.3 is 11.9 Å². The minimum Gasteiger partial charge on any atom is -0.481 e. The van der Waals surface area contributed by atoms with Gasteiger partial charge in [-0.15, -0.1) is 0 Å². The van der Waals surface area contributed by atoms with Gasteiger partial charge in [0.1, 0.15) is 12.6 Å². The summed E-state index contributed by atoms with van der Waals surface area (Å²) in [6.07, 6.45) is 1.20. The van der Waals surface area contributed by atoms with Crippen LogP contribution in [0.25, 0.3) is 0 Å². The normalized spacial score (nSPS) is 13.0. The van der Waals surface area contributed by atoms with Crippen molar-refractivity contribution in [2.45, 2.75) is 32.4 Å². The van der Waals surface area contributed by atoms with Gasteiger partial charge in [0, 0.05) is 6.54 Å². The standard InChI is InChI=1S/C21H25NO4/c1-16(21(25)26-15-18-10-6-3-7-11-18)22-14-19(20(23)24)13-12-17-8-4-2-5-9-17/h2-11,16,19,22H,12-15H2,1H3,(H,23,24)/t16?,19-/m1/s1. The molecule has 0 aliphatic heterocycles. The molecule has 2 aromatic carbocycles. The Balaban J connectivity index is 1.76. The van der Waals surface area contributed by atoms with Crippen molar-refractivity contribution in [3.05, 3.63) is 71.8 Å². The van der Waals surface area contributed by atoms with Crippen LogP contribution in [0.1, 0.15) is 24.5 Å². The lowest BCUT2D eigenvalue weighted by molar-refractivity contribution is -0.148. The summed E-state index contributed by atoms with van der Waals surface area (Å²) in [4.78, 5) is 23.5. The highest BCUT2D eigenvalue weighted by Gasteiger charge is 2.21. The summed E-state index contributed by atoms with van der Waals surface area (Å²) in [7, 11) is 0. The van der Waals surface area contributed by atoms with Crippen LogP contribution in [0.4, 0.5) is 0 Å². The molecule has 0 heterocycles. The Morgan fingerprint density at radius 2 is 1.58 bits per heavy atom. The van der Waals surface area contributed by atoms with Gasteiger partial charge in [0.05, 0.1) is 5.92 Å². The molecule has 1 unspecified atom stereocenters. The van der Waals surface area contributed by atoms with E-state index >= 15 is 0 Å². The molecule has 2 rings (SSSR count). The van der Waals surface area contributed by atoms with E-state index in [1.165, 1.54) is 0 Å². The molecule has 26 heavy (non-hydrogen) atoms. The van der Waals surface area contributed by atoms with Crippen LogP contribution in [-0.4, -0.2) is 29.6 Å². The molecular weight excluding hydrogens is 330 g/mol. The molecule has 0 amide bonds. The van der Waals surface area contributed by atoms with Crippen LogP contribution < -0.4 is 5.32 Å². The second-order valence-electron chi connectivity index (χ2n) is 6.28. The highest BCUT2D eigenvalue weighted by molar-refractivity contribution is 5.75. The van der Waals surface area contributed by atoms with Crippen LogP contribution >= 0.6 is 0 Å². The van der Waals surface area contributed by atoms with Gasteiger partial charge in [-0.25, -0.2) is 0 Å². The first-order chi connectivity index (χ1) is 12.6. The fourth-order valence-corrected chi connectivity index (χ4v) is 2.55. The van der Waals surface area contributed by atoms with E-state index in [1.807, 2.05) is 60.7 Å². The number of nitrogens with one attached hydrogen (secondary N) is 1. The summed E-state index contributed by atoms with van der Waals surface area (Å²) >= 11 is 0. The zero-order valence-electron chi connectivity index (χ0n) is 14.9. The maximum Gasteiger partial charge on any atom is 0.323 e. The number of benzene rings is 2. The van der Waals surface area contributed by atoms with Gasteiger partial charge in [-0.1, -0.05) is 60.7 Å². The van der Waals surface area contributed by atoms with E-state index in [0.29, 0.717) is 12.8 Å². The van der Waals surface area contributed by atoms with Crippen molar-refractivity contribution in [3.63, 3.8) is 0 Å². The number of carboxylic acid groups (broad SMARTS) is 1. The maximum absolute atomic E-state index is 12.0. The number of carboxylic acids is 1. The van der Waals surface area contributed by atoms with Gasteiger partial charge in [0.15, 0.2) is 0 Å². The number of ether oxygens (including phenoxy) is 1. The number of hydrogen-bond acceptors (Lipinski definition) is 4. The summed E-state index contributed by atoms with van der Waals surface area (Å²) < 4.78 is 5.26. The van der Waals surface area contributed by atoms with Crippen molar-refractivity contribution in [2.24, 2.45) is 5.92 Å². The summed E-state index contributed by atoms with van der Waals surface area (Å²) in [5.41, 5.74) is 2.02. The van der Waals surface area contributed by atoms with Crippen molar-refractivity contribution in [1.29, 1.82) is 0 Å². The molecule has 0 aliphatic rings. The highest BCUT2D eigenvalue weighted by Crippen LogP contribution is 2.10. The maximum atomic E-state index is 12.0.